The van der Waals surface area contributed by atoms with Gasteiger partial charge in [-0.1, -0.05) is 0 Å². The van der Waals surface area contributed by atoms with E-state index in [0.717, 1.165) is 0 Å². The molecular weight excluding hydrogens is 260 g/mol. The average Bonchev–Trinajstić information content (AvgIpc) is 2.82. The molecule has 0 fully saturated rings. The minimum absolute atomic E-state index is 0.0694. The van der Waals surface area contributed by atoms with Crippen molar-refractivity contribution in [3.8, 4) is 11.6 Å². The van der Waals surface area contributed by atoms with Gasteiger partial charge in [0, 0.05) is 6.20 Å². The van der Waals surface area contributed by atoms with Crippen molar-refractivity contribution in [2.45, 2.75) is 13.8 Å². The summed E-state index contributed by atoms with van der Waals surface area (Å²) in [6.45, 7) is 4.36. The molecule has 0 saturated heterocycles. The van der Waals surface area contributed by atoms with E-state index in [1.807, 2.05) is 6.92 Å². The maximum Gasteiger partial charge on any atom is 0.361 e. The van der Waals surface area contributed by atoms with Crippen molar-refractivity contribution in [3.05, 3.63) is 30.2 Å². The number of hydrogen-bond acceptors (Lipinski definition) is 6. The van der Waals surface area contributed by atoms with Crippen LogP contribution in [0.25, 0.3) is 5.82 Å². The Kier molecular flexibility index (Phi) is 4.19. The van der Waals surface area contributed by atoms with Gasteiger partial charge in [-0.15, -0.1) is 0 Å². The summed E-state index contributed by atoms with van der Waals surface area (Å²) < 4.78 is 11.8. The van der Waals surface area contributed by atoms with Gasteiger partial charge < -0.3 is 15.2 Å². The molecule has 7 heteroatoms. The molecule has 0 aliphatic rings. The lowest BCUT2D eigenvalue weighted by atomic mass is 10.4. The van der Waals surface area contributed by atoms with Gasteiger partial charge in [-0.2, -0.15) is 5.10 Å². The van der Waals surface area contributed by atoms with Crippen LogP contribution in [-0.4, -0.2) is 33.9 Å². The molecule has 0 aromatic carbocycles. The van der Waals surface area contributed by atoms with Crippen LogP contribution in [0.2, 0.25) is 0 Å². The summed E-state index contributed by atoms with van der Waals surface area (Å²) in [6.07, 6.45) is 3.12. The zero-order valence-corrected chi connectivity index (χ0v) is 11.4. The standard InChI is InChI=1S/C13H16N4O3/c1-3-19-10-6-5-7-15-12(10)17-8-9(14)11(16-17)13(18)20-4-2/h5-8H,3-4,14H2,1-2H3. The second kappa shape index (κ2) is 6.05. The number of pyridine rings is 1. The van der Waals surface area contributed by atoms with Crippen molar-refractivity contribution in [1.29, 1.82) is 0 Å². The number of anilines is 1. The summed E-state index contributed by atoms with van der Waals surface area (Å²) in [5.41, 5.74) is 6.08. The zero-order chi connectivity index (χ0) is 14.5. The SMILES string of the molecule is CCOC(=O)c1nn(-c2ncccc2OCC)cc1N. The number of nitrogen functional groups attached to an aromatic ring is 1. The van der Waals surface area contributed by atoms with Gasteiger partial charge in [-0.05, 0) is 26.0 Å². The van der Waals surface area contributed by atoms with Crippen molar-refractivity contribution in [1.82, 2.24) is 14.8 Å². The van der Waals surface area contributed by atoms with E-state index in [0.29, 0.717) is 18.2 Å². The quantitative estimate of drug-likeness (QED) is 0.830. The molecule has 0 atom stereocenters. The molecule has 0 aliphatic carbocycles. The molecule has 106 valence electrons. The number of ether oxygens (including phenoxy) is 2. The van der Waals surface area contributed by atoms with Gasteiger partial charge in [0.25, 0.3) is 0 Å². The second-order valence-corrected chi connectivity index (χ2v) is 3.86. The van der Waals surface area contributed by atoms with Gasteiger partial charge in [-0.3, -0.25) is 0 Å². The lowest BCUT2D eigenvalue weighted by Crippen LogP contribution is -2.09. The monoisotopic (exact) mass is 276 g/mol. The first-order chi connectivity index (χ1) is 9.67. The van der Waals surface area contributed by atoms with Crippen LogP contribution in [0.15, 0.2) is 24.5 Å². The predicted octanol–water partition coefficient (Wildman–Crippen LogP) is 1.42. The molecule has 0 radical (unpaired) electrons. The van der Waals surface area contributed by atoms with Crippen LogP contribution in [0.5, 0.6) is 5.75 Å². The van der Waals surface area contributed by atoms with E-state index in [9.17, 15) is 4.79 Å². The van der Waals surface area contributed by atoms with E-state index in [1.165, 1.54) is 10.9 Å². The summed E-state index contributed by atoms with van der Waals surface area (Å²) >= 11 is 0. The maximum atomic E-state index is 11.7. The molecule has 0 aliphatic heterocycles. The number of rotatable bonds is 5. The third kappa shape index (κ3) is 2.71. The molecule has 7 nitrogen and oxygen atoms in total. The molecule has 0 bridgehead atoms. The number of hydrogen-bond donors (Lipinski definition) is 1. The smallest absolute Gasteiger partial charge is 0.361 e. The Hall–Kier alpha value is -2.57. The van der Waals surface area contributed by atoms with Gasteiger partial charge in [-0.25, -0.2) is 14.5 Å². The highest BCUT2D eigenvalue weighted by molar-refractivity contribution is 5.92. The first kappa shape index (κ1) is 13.9. The van der Waals surface area contributed by atoms with Crippen molar-refractivity contribution in [3.63, 3.8) is 0 Å². The van der Waals surface area contributed by atoms with Gasteiger partial charge in [0.15, 0.2) is 17.3 Å². The number of esters is 1. The predicted molar refractivity (Wildman–Crippen MR) is 72.9 cm³/mol. The van der Waals surface area contributed by atoms with Crippen LogP contribution in [0, 0.1) is 0 Å². The number of carbonyl (C=O) groups excluding carboxylic acids is 1. The fraction of sp³-hybridized carbons (Fsp3) is 0.308. The number of nitrogens with two attached hydrogens (primary N) is 1. The van der Waals surface area contributed by atoms with E-state index >= 15 is 0 Å². The third-order valence-corrected chi connectivity index (χ3v) is 2.48. The number of nitrogens with zero attached hydrogens (tertiary/aromatic N) is 3. The van der Waals surface area contributed by atoms with Crippen LogP contribution in [0.3, 0.4) is 0 Å². The first-order valence-corrected chi connectivity index (χ1v) is 6.27. The van der Waals surface area contributed by atoms with Gasteiger partial charge in [0.1, 0.15) is 0 Å². The minimum atomic E-state index is -0.558. The summed E-state index contributed by atoms with van der Waals surface area (Å²) in [6, 6.07) is 3.53. The average molecular weight is 276 g/mol. The van der Waals surface area contributed by atoms with Crippen LogP contribution < -0.4 is 10.5 Å². The van der Waals surface area contributed by atoms with Crippen molar-refractivity contribution in [2.24, 2.45) is 0 Å². The van der Waals surface area contributed by atoms with Crippen LogP contribution in [-0.2, 0) is 4.74 Å². The Morgan fingerprint density at radius 3 is 2.90 bits per heavy atom. The van der Waals surface area contributed by atoms with Crippen LogP contribution >= 0.6 is 0 Å². The van der Waals surface area contributed by atoms with Gasteiger partial charge in [0.05, 0.1) is 25.1 Å². The zero-order valence-electron chi connectivity index (χ0n) is 11.4. The normalized spacial score (nSPS) is 10.3. The van der Waals surface area contributed by atoms with Crippen molar-refractivity contribution >= 4 is 11.7 Å². The highest BCUT2D eigenvalue weighted by Gasteiger charge is 2.18. The Morgan fingerprint density at radius 2 is 2.20 bits per heavy atom. The highest BCUT2D eigenvalue weighted by atomic mass is 16.5. The molecule has 0 unspecified atom stereocenters. The molecule has 2 N–H and O–H groups in total. The Bertz CT molecular complexity index is 609. The largest absolute Gasteiger partial charge is 0.490 e. The van der Waals surface area contributed by atoms with Crippen molar-refractivity contribution < 1.29 is 14.3 Å². The van der Waals surface area contributed by atoms with Crippen LogP contribution in [0.1, 0.15) is 24.3 Å². The summed E-state index contributed by atoms with van der Waals surface area (Å²) in [4.78, 5) is 15.9. The van der Waals surface area contributed by atoms with E-state index < -0.39 is 5.97 Å². The Balaban J connectivity index is 2.39. The number of aromatic nitrogens is 3. The topological polar surface area (TPSA) is 92.3 Å². The molecule has 0 amide bonds. The summed E-state index contributed by atoms with van der Waals surface area (Å²) in [5, 5.41) is 4.12. The van der Waals surface area contributed by atoms with E-state index in [2.05, 4.69) is 10.1 Å². The van der Waals surface area contributed by atoms with Gasteiger partial charge in [0.2, 0.25) is 0 Å². The fourth-order valence-corrected chi connectivity index (χ4v) is 1.68. The maximum absolute atomic E-state index is 11.7. The first-order valence-electron chi connectivity index (χ1n) is 6.27. The number of carbonyl (C=O) groups is 1. The summed E-state index contributed by atoms with van der Waals surface area (Å²) in [7, 11) is 0. The molecule has 2 aromatic rings. The van der Waals surface area contributed by atoms with E-state index in [-0.39, 0.29) is 18.0 Å². The molecule has 2 rings (SSSR count). The Morgan fingerprint density at radius 1 is 1.40 bits per heavy atom. The molecule has 2 heterocycles. The van der Waals surface area contributed by atoms with Crippen molar-refractivity contribution in [2.75, 3.05) is 18.9 Å². The molecular formula is C13H16N4O3. The molecule has 2 aromatic heterocycles. The minimum Gasteiger partial charge on any atom is -0.490 e. The van der Waals surface area contributed by atoms with Crippen LogP contribution in [0.4, 0.5) is 5.69 Å². The molecule has 0 saturated carbocycles. The second-order valence-electron chi connectivity index (χ2n) is 3.86. The lowest BCUT2D eigenvalue weighted by Gasteiger charge is -2.07. The summed E-state index contributed by atoms with van der Waals surface area (Å²) in [5.74, 6) is 0.474. The van der Waals surface area contributed by atoms with Gasteiger partial charge >= 0.3 is 5.97 Å². The third-order valence-electron chi connectivity index (χ3n) is 2.48. The lowest BCUT2D eigenvalue weighted by molar-refractivity contribution is 0.0520. The molecule has 20 heavy (non-hydrogen) atoms. The van der Waals surface area contributed by atoms with E-state index in [1.54, 1.807) is 25.3 Å². The highest BCUT2D eigenvalue weighted by Crippen LogP contribution is 2.22. The fourth-order valence-electron chi connectivity index (χ4n) is 1.68. The van der Waals surface area contributed by atoms with E-state index in [4.69, 9.17) is 15.2 Å². The molecule has 0 spiro atoms. The Labute approximate surface area is 116 Å².